The average Bonchev–Trinajstić information content (AvgIpc) is 2.92. The maximum atomic E-state index is 12.5. The summed E-state index contributed by atoms with van der Waals surface area (Å²) in [5.41, 5.74) is 0.747. The molecular formula is C16H19F3N4O2S. The lowest BCUT2D eigenvalue weighted by atomic mass is 10.2. The molecule has 0 unspecified atom stereocenters. The highest BCUT2D eigenvalue weighted by atomic mass is 32.1. The number of carbonyl (C=O) groups excluding carboxylic acids is 1. The van der Waals surface area contributed by atoms with Crippen LogP contribution in [0.3, 0.4) is 0 Å². The maximum absolute atomic E-state index is 12.5. The van der Waals surface area contributed by atoms with Crippen molar-refractivity contribution < 1.29 is 22.7 Å². The molecule has 1 fully saturated rings. The highest BCUT2D eigenvalue weighted by molar-refractivity contribution is 7.20. The quantitative estimate of drug-likeness (QED) is 0.751. The van der Waals surface area contributed by atoms with Crippen LogP contribution >= 0.6 is 11.3 Å². The Bertz CT molecular complexity index is 801. The first-order valence-electron chi connectivity index (χ1n) is 8.25. The Morgan fingerprint density at radius 1 is 1.27 bits per heavy atom. The van der Waals surface area contributed by atoms with Gasteiger partial charge >= 0.3 is 12.1 Å². The molecule has 0 amide bonds. The number of hydrogen-bond donors (Lipinski definition) is 0. The third-order valence-corrected chi connectivity index (χ3v) is 5.42. The average molecular weight is 388 g/mol. The minimum absolute atomic E-state index is 0.284. The molecule has 0 bridgehead atoms. The maximum Gasteiger partial charge on any atom is 0.401 e. The number of carbonyl (C=O) groups is 1. The molecule has 1 saturated heterocycles. The minimum Gasteiger partial charge on any atom is -0.462 e. The number of piperazine rings is 1. The summed E-state index contributed by atoms with van der Waals surface area (Å²) in [6.07, 6.45) is -2.77. The summed E-state index contributed by atoms with van der Waals surface area (Å²) in [7, 11) is 0. The van der Waals surface area contributed by atoms with Gasteiger partial charge in [0.25, 0.3) is 0 Å². The van der Waals surface area contributed by atoms with E-state index in [-0.39, 0.29) is 6.61 Å². The molecule has 1 aliphatic rings. The van der Waals surface area contributed by atoms with Crippen LogP contribution in [0.15, 0.2) is 6.33 Å². The summed E-state index contributed by atoms with van der Waals surface area (Å²) in [5, 5.41) is 0.768. The Balaban J connectivity index is 1.84. The van der Waals surface area contributed by atoms with E-state index in [1.807, 2.05) is 11.8 Å². The largest absolute Gasteiger partial charge is 0.462 e. The van der Waals surface area contributed by atoms with Crippen LogP contribution in [0.5, 0.6) is 0 Å². The normalized spacial score (nSPS) is 16.3. The summed E-state index contributed by atoms with van der Waals surface area (Å²) in [6, 6.07) is 0. The zero-order valence-corrected chi connectivity index (χ0v) is 15.3. The molecule has 6 nitrogen and oxygen atoms in total. The van der Waals surface area contributed by atoms with Crippen LogP contribution in [-0.4, -0.2) is 66.3 Å². The second-order valence-electron chi connectivity index (χ2n) is 6.03. The molecule has 0 spiro atoms. The number of aryl methyl sites for hydroxylation is 1. The Labute approximate surface area is 152 Å². The number of esters is 1. The monoisotopic (exact) mass is 388 g/mol. The number of nitrogens with zero attached hydrogens (tertiary/aromatic N) is 4. The van der Waals surface area contributed by atoms with E-state index in [2.05, 4.69) is 9.97 Å². The second kappa shape index (κ2) is 7.36. The van der Waals surface area contributed by atoms with Crippen LogP contribution in [0.25, 0.3) is 10.2 Å². The summed E-state index contributed by atoms with van der Waals surface area (Å²) >= 11 is 1.25. The second-order valence-corrected chi connectivity index (χ2v) is 7.03. The summed E-state index contributed by atoms with van der Waals surface area (Å²) in [5.74, 6) is 0.264. The van der Waals surface area contributed by atoms with Gasteiger partial charge in [0.2, 0.25) is 0 Å². The van der Waals surface area contributed by atoms with Gasteiger partial charge in [0.05, 0.1) is 18.5 Å². The fourth-order valence-corrected chi connectivity index (χ4v) is 4.09. The SMILES string of the molecule is CCOC(=O)c1sc2ncnc(N3CCN(CC(F)(F)F)CC3)c2c1C. The Hall–Kier alpha value is -1.94. The molecule has 1 aliphatic heterocycles. The van der Waals surface area contributed by atoms with Gasteiger partial charge in [0.1, 0.15) is 21.9 Å². The Morgan fingerprint density at radius 3 is 2.58 bits per heavy atom. The summed E-state index contributed by atoms with van der Waals surface area (Å²) < 4.78 is 42.7. The van der Waals surface area contributed by atoms with E-state index in [0.29, 0.717) is 41.7 Å². The van der Waals surface area contributed by atoms with Gasteiger partial charge in [-0.05, 0) is 19.4 Å². The number of halogens is 3. The third-order valence-electron chi connectivity index (χ3n) is 4.24. The number of thiophene rings is 1. The van der Waals surface area contributed by atoms with Crippen LogP contribution in [0.4, 0.5) is 19.0 Å². The predicted octanol–water partition coefficient (Wildman–Crippen LogP) is 2.86. The van der Waals surface area contributed by atoms with Crippen molar-refractivity contribution >= 4 is 33.3 Å². The molecule has 10 heteroatoms. The van der Waals surface area contributed by atoms with E-state index >= 15 is 0 Å². The van der Waals surface area contributed by atoms with Crippen LogP contribution in [-0.2, 0) is 4.74 Å². The number of aromatic nitrogens is 2. The Morgan fingerprint density at radius 2 is 1.96 bits per heavy atom. The smallest absolute Gasteiger partial charge is 0.401 e. The highest BCUT2D eigenvalue weighted by Crippen LogP contribution is 2.35. The number of hydrogen-bond acceptors (Lipinski definition) is 7. The highest BCUT2D eigenvalue weighted by Gasteiger charge is 2.33. The topological polar surface area (TPSA) is 58.6 Å². The number of anilines is 1. The van der Waals surface area contributed by atoms with Crippen LogP contribution in [0.2, 0.25) is 0 Å². The summed E-state index contributed by atoms with van der Waals surface area (Å²) in [6.45, 7) is 4.43. The molecule has 2 aromatic heterocycles. The summed E-state index contributed by atoms with van der Waals surface area (Å²) in [4.78, 5) is 25.2. The van der Waals surface area contributed by atoms with Crippen molar-refractivity contribution in [1.29, 1.82) is 0 Å². The molecule has 0 N–H and O–H groups in total. The van der Waals surface area contributed by atoms with Gasteiger partial charge < -0.3 is 9.64 Å². The molecule has 0 aromatic carbocycles. The van der Waals surface area contributed by atoms with Gasteiger partial charge in [-0.25, -0.2) is 14.8 Å². The minimum atomic E-state index is -4.19. The first-order valence-corrected chi connectivity index (χ1v) is 9.07. The van der Waals surface area contributed by atoms with Crippen molar-refractivity contribution in [1.82, 2.24) is 14.9 Å². The predicted molar refractivity (Wildman–Crippen MR) is 92.8 cm³/mol. The molecular weight excluding hydrogens is 369 g/mol. The van der Waals surface area contributed by atoms with Crippen molar-refractivity contribution in [2.75, 3.05) is 44.2 Å². The zero-order chi connectivity index (χ0) is 18.9. The lowest BCUT2D eigenvalue weighted by molar-refractivity contribution is -0.146. The van der Waals surface area contributed by atoms with Gasteiger partial charge in [-0.1, -0.05) is 0 Å². The van der Waals surface area contributed by atoms with Crippen molar-refractivity contribution in [3.8, 4) is 0 Å². The van der Waals surface area contributed by atoms with Crippen LogP contribution in [0.1, 0.15) is 22.2 Å². The van der Waals surface area contributed by atoms with Gasteiger partial charge in [-0.15, -0.1) is 11.3 Å². The third kappa shape index (κ3) is 3.90. The number of fused-ring (bicyclic) bond motifs is 1. The molecule has 26 heavy (non-hydrogen) atoms. The first kappa shape index (κ1) is 18.8. The lowest BCUT2D eigenvalue weighted by Crippen LogP contribution is -2.49. The Kier molecular flexibility index (Phi) is 5.33. The van der Waals surface area contributed by atoms with E-state index in [4.69, 9.17) is 4.74 Å². The molecule has 3 rings (SSSR count). The molecule has 0 saturated carbocycles. The van der Waals surface area contributed by atoms with Crippen molar-refractivity contribution in [3.05, 3.63) is 16.8 Å². The molecule has 3 heterocycles. The number of alkyl halides is 3. The van der Waals surface area contributed by atoms with Crippen LogP contribution < -0.4 is 4.90 Å². The number of ether oxygens (including phenoxy) is 1. The lowest BCUT2D eigenvalue weighted by Gasteiger charge is -2.35. The standard InChI is InChI=1S/C16H19F3N4O2S/c1-3-25-15(24)12-10(2)11-13(20-9-21-14(11)26-12)23-6-4-22(5-7-23)8-16(17,18)19/h9H,3-8H2,1-2H3. The van der Waals surface area contributed by atoms with E-state index in [0.717, 1.165) is 10.9 Å². The number of rotatable bonds is 4. The molecule has 2 aromatic rings. The van der Waals surface area contributed by atoms with Crippen LogP contribution in [0, 0.1) is 6.92 Å². The van der Waals surface area contributed by atoms with Crippen molar-refractivity contribution in [3.63, 3.8) is 0 Å². The van der Waals surface area contributed by atoms with E-state index < -0.39 is 18.7 Å². The first-order chi connectivity index (χ1) is 12.3. The van der Waals surface area contributed by atoms with Crippen molar-refractivity contribution in [2.24, 2.45) is 0 Å². The van der Waals surface area contributed by atoms with Crippen molar-refractivity contribution in [2.45, 2.75) is 20.0 Å². The molecule has 0 aliphatic carbocycles. The van der Waals surface area contributed by atoms with Gasteiger partial charge in [0.15, 0.2) is 0 Å². The van der Waals surface area contributed by atoms with E-state index in [1.54, 1.807) is 6.92 Å². The van der Waals surface area contributed by atoms with Gasteiger partial charge in [0, 0.05) is 26.2 Å². The fraction of sp³-hybridized carbons (Fsp3) is 0.562. The van der Waals surface area contributed by atoms with Gasteiger partial charge in [-0.2, -0.15) is 13.2 Å². The molecule has 142 valence electrons. The fourth-order valence-electron chi connectivity index (χ4n) is 3.06. The van der Waals surface area contributed by atoms with E-state index in [1.165, 1.54) is 22.6 Å². The molecule has 0 radical (unpaired) electrons. The van der Waals surface area contributed by atoms with Gasteiger partial charge in [-0.3, -0.25) is 4.90 Å². The van der Waals surface area contributed by atoms with E-state index in [9.17, 15) is 18.0 Å². The zero-order valence-electron chi connectivity index (χ0n) is 14.5. The molecule has 0 atom stereocenters.